The molecule has 1 aliphatic heterocycles. The lowest BCUT2D eigenvalue weighted by molar-refractivity contribution is 0.0744. The van der Waals surface area contributed by atoms with Gasteiger partial charge < -0.3 is 15.4 Å². The van der Waals surface area contributed by atoms with E-state index in [1.165, 1.54) is 12.8 Å². The minimum Gasteiger partial charge on any atom is -0.477 e. The van der Waals surface area contributed by atoms with Crippen LogP contribution < -0.4 is 15.4 Å². The number of guanidine groups is 1. The van der Waals surface area contributed by atoms with Crippen LogP contribution in [0.25, 0.3) is 0 Å². The van der Waals surface area contributed by atoms with Gasteiger partial charge in [0.1, 0.15) is 0 Å². The van der Waals surface area contributed by atoms with Gasteiger partial charge in [0, 0.05) is 37.9 Å². The van der Waals surface area contributed by atoms with Gasteiger partial charge in [-0.2, -0.15) is 0 Å². The summed E-state index contributed by atoms with van der Waals surface area (Å²) in [6.45, 7) is 5.31. The minimum atomic E-state index is -2.26. The van der Waals surface area contributed by atoms with Crippen LogP contribution in [0.4, 0.5) is 8.78 Å². The van der Waals surface area contributed by atoms with Crippen molar-refractivity contribution < 1.29 is 13.5 Å². The van der Waals surface area contributed by atoms with Crippen LogP contribution in [0, 0.1) is 5.92 Å². The summed E-state index contributed by atoms with van der Waals surface area (Å²) in [6.07, 6.45) is 3.68. The molecule has 0 aromatic carbocycles. The molecule has 1 aromatic heterocycles. The topological polar surface area (TPSA) is 61.8 Å². The van der Waals surface area contributed by atoms with Gasteiger partial charge in [0.2, 0.25) is 5.88 Å². The lowest BCUT2D eigenvalue weighted by Crippen LogP contribution is -2.49. The summed E-state index contributed by atoms with van der Waals surface area (Å²) in [6, 6.07) is 4.14. The number of alkyl halides is 2. The number of hydrogen-bond acceptors (Lipinski definition) is 4. The number of hydrogen-bond donors (Lipinski definition) is 2. The molecule has 29 heavy (non-hydrogen) atoms. The number of nitrogens with zero attached hydrogens (tertiary/aromatic N) is 3. The number of piperidine rings is 1. The van der Waals surface area contributed by atoms with Crippen LogP contribution in [-0.2, 0) is 6.54 Å². The molecule has 2 fully saturated rings. The molecule has 0 atom stereocenters. The van der Waals surface area contributed by atoms with Crippen molar-refractivity contribution in [2.45, 2.75) is 51.6 Å². The molecule has 3 rings (SSSR count). The number of nitrogens with one attached hydrogen (secondary N) is 2. The first kappa shape index (κ1) is 24.0. The molecule has 164 valence electrons. The number of likely N-dealkylation sites (tertiary alicyclic amines) is 1. The SMILES string of the molecule is CCNC(=NCc1ccnc(OCC2CC2)c1)NC1CCN(CC(F)F)CC1.I. The summed E-state index contributed by atoms with van der Waals surface area (Å²) in [5.74, 6) is 2.11. The predicted octanol–water partition coefficient (Wildman–Crippen LogP) is 3.27. The third-order valence-corrected chi connectivity index (χ3v) is 5.05. The first-order chi connectivity index (χ1) is 13.6. The Morgan fingerprint density at radius 2 is 2.07 bits per heavy atom. The van der Waals surface area contributed by atoms with E-state index in [4.69, 9.17) is 4.74 Å². The molecule has 1 saturated heterocycles. The van der Waals surface area contributed by atoms with Gasteiger partial charge in [0.25, 0.3) is 6.43 Å². The summed E-state index contributed by atoms with van der Waals surface area (Å²) < 4.78 is 30.8. The highest BCUT2D eigenvalue weighted by Crippen LogP contribution is 2.29. The number of ether oxygens (including phenoxy) is 1. The maximum Gasteiger partial charge on any atom is 0.251 e. The van der Waals surface area contributed by atoms with E-state index in [-0.39, 0.29) is 36.6 Å². The van der Waals surface area contributed by atoms with Crippen molar-refractivity contribution >= 4 is 29.9 Å². The van der Waals surface area contributed by atoms with Gasteiger partial charge >= 0.3 is 0 Å². The van der Waals surface area contributed by atoms with Crippen LogP contribution in [0.1, 0.15) is 38.2 Å². The highest BCUT2D eigenvalue weighted by molar-refractivity contribution is 14.0. The maximum absolute atomic E-state index is 12.5. The molecule has 6 nitrogen and oxygen atoms in total. The van der Waals surface area contributed by atoms with Crippen molar-refractivity contribution in [1.82, 2.24) is 20.5 Å². The molecule has 0 bridgehead atoms. The first-order valence-electron chi connectivity index (χ1n) is 10.3. The molecular weight excluding hydrogens is 491 g/mol. The zero-order chi connectivity index (χ0) is 19.8. The van der Waals surface area contributed by atoms with Gasteiger partial charge in [0.15, 0.2) is 5.96 Å². The first-order valence-corrected chi connectivity index (χ1v) is 10.3. The Balaban J connectivity index is 0.00000300. The van der Waals surface area contributed by atoms with Crippen LogP contribution >= 0.6 is 24.0 Å². The van der Waals surface area contributed by atoms with E-state index in [2.05, 4.69) is 20.6 Å². The highest BCUT2D eigenvalue weighted by Gasteiger charge is 2.23. The van der Waals surface area contributed by atoms with Crippen LogP contribution in [-0.4, -0.2) is 61.1 Å². The lowest BCUT2D eigenvalue weighted by atomic mass is 10.1. The molecule has 0 spiro atoms. The van der Waals surface area contributed by atoms with Crippen molar-refractivity contribution in [1.29, 1.82) is 0 Å². The molecule has 1 aliphatic carbocycles. The molecular formula is C20H32F2IN5O. The Morgan fingerprint density at radius 3 is 2.72 bits per heavy atom. The maximum atomic E-state index is 12.5. The van der Waals surface area contributed by atoms with Gasteiger partial charge in [-0.05, 0) is 50.2 Å². The molecule has 0 unspecified atom stereocenters. The molecule has 0 amide bonds. The number of aromatic nitrogens is 1. The van der Waals surface area contributed by atoms with E-state index < -0.39 is 6.43 Å². The Kier molecular flexibility index (Phi) is 10.3. The quantitative estimate of drug-likeness (QED) is 0.296. The second kappa shape index (κ2) is 12.5. The van der Waals surface area contributed by atoms with Crippen LogP contribution in [0.2, 0.25) is 0 Å². The molecule has 9 heteroatoms. The van der Waals surface area contributed by atoms with Crippen molar-refractivity contribution in [2.75, 3.05) is 32.8 Å². The zero-order valence-corrected chi connectivity index (χ0v) is 19.3. The van der Waals surface area contributed by atoms with E-state index in [0.717, 1.165) is 37.5 Å². The molecule has 2 aliphatic rings. The third kappa shape index (κ3) is 8.98. The van der Waals surface area contributed by atoms with Crippen LogP contribution in [0.5, 0.6) is 5.88 Å². The Labute approximate surface area is 188 Å². The molecule has 0 radical (unpaired) electrons. The fourth-order valence-corrected chi connectivity index (χ4v) is 3.25. The fraction of sp³-hybridized carbons (Fsp3) is 0.700. The minimum absolute atomic E-state index is 0. The molecule has 1 saturated carbocycles. The van der Waals surface area contributed by atoms with Crippen LogP contribution in [0.3, 0.4) is 0 Å². The average Bonchev–Trinajstić information content (AvgIpc) is 3.51. The van der Waals surface area contributed by atoms with Gasteiger partial charge in [-0.25, -0.2) is 18.8 Å². The van der Waals surface area contributed by atoms with E-state index in [9.17, 15) is 8.78 Å². The Hall–Kier alpha value is -1.23. The summed E-state index contributed by atoms with van der Waals surface area (Å²) in [5.41, 5.74) is 1.05. The summed E-state index contributed by atoms with van der Waals surface area (Å²) >= 11 is 0. The molecule has 2 heterocycles. The second-order valence-electron chi connectivity index (χ2n) is 7.56. The smallest absolute Gasteiger partial charge is 0.251 e. The number of aliphatic imine (C=N–C) groups is 1. The monoisotopic (exact) mass is 523 g/mol. The Morgan fingerprint density at radius 1 is 1.31 bits per heavy atom. The molecule has 2 N–H and O–H groups in total. The van der Waals surface area contributed by atoms with Gasteiger partial charge in [0.05, 0.1) is 19.7 Å². The van der Waals surface area contributed by atoms with Crippen molar-refractivity contribution in [3.8, 4) is 5.88 Å². The van der Waals surface area contributed by atoms with E-state index in [1.807, 2.05) is 24.0 Å². The normalized spacial score (nSPS) is 18.4. The molecule has 1 aromatic rings. The average molecular weight is 523 g/mol. The standard InChI is InChI=1S/C20H31F2N5O.HI/c1-2-23-20(26-17-6-9-27(10-7-17)13-18(21)22)25-12-16-5-8-24-19(11-16)28-14-15-3-4-15;/h5,8,11,15,17-18H,2-4,6-7,9-10,12-14H2,1H3,(H2,23,25,26);1H. The predicted molar refractivity (Wildman–Crippen MR) is 121 cm³/mol. The summed E-state index contributed by atoms with van der Waals surface area (Å²) in [4.78, 5) is 10.8. The van der Waals surface area contributed by atoms with E-state index in [0.29, 0.717) is 31.4 Å². The Bertz CT molecular complexity index is 637. The number of pyridine rings is 1. The van der Waals surface area contributed by atoms with Crippen molar-refractivity contribution in [2.24, 2.45) is 10.9 Å². The highest BCUT2D eigenvalue weighted by atomic mass is 127. The van der Waals surface area contributed by atoms with Gasteiger partial charge in [-0.3, -0.25) is 4.90 Å². The zero-order valence-electron chi connectivity index (χ0n) is 16.9. The summed E-state index contributed by atoms with van der Waals surface area (Å²) in [7, 11) is 0. The number of halogens is 3. The largest absolute Gasteiger partial charge is 0.477 e. The number of rotatable bonds is 9. The van der Waals surface area contributed by atoms with E-state index in [1.54, 1.807) is 6.20 Å². The van der Waals surface area contributed by atoms with E-state index >= 15 is 0 Å². The van der Waals surface area contributed by atoms with Crippen molar-refractivity contribution in [3.63, 3.8) is 0 Å². The van der Waals surface area contributed by atoms with Crippen molar-refractivity contribution in [3.05, 3.63) is 23.9 Å². The second-order valence-corrected chi connectivity index (χ2v) is 7.56. The van der Waals surface area contributed by atoms with Gasteiger partial charge in [-0.15, -0.1) is 24.0 Å². The lowest BCUT2D eigenvalue weighted by Gasteiger charge is -2.32. The third-order valence-electron chi connectivity index (χ3n) is 5.05. The summed E-state index contributed by atoms with van der Waals surface area (Å²) in [5, 5.41) is 6.71. The van der Waals surface area contributed by atoms with Gasteiger partial charge in [-0.1, -0.05) is 0 Å². The fourth-order valence-electron chi connectivity index (χ4n) is 3.25. The van der Waals surface area contributed by atoms with Crippen LogP contribution in [0.15, 0.2) is 23.3 Å².